The number of benzene rings is 4. The molecule has 450 valence electrons. The van der Waals surface area contributed by atoms with Gasteiger partial charge in [0.05, 0.1) is 64.4 Å². The second-order valence-electron chi connectivity index (χ2n) is 25.6. The zero-order valence-electron chi connectivity index (χ0n) is 52.4. The molecule has 4 aromatic carbocycles. The minimum atomic E-state index is -0.0331. The highest BCUT2D eigenvalue weighted by Crippen LogP contribution is 2.57. The summed E-state index contributed by atoms with van der Waals surface area (Å²) in [7, 11) is 0. The number of nitrogens with one attached hydrogen (secondary N) is 1. The summed E-state index contributed by atoms with van der Waals surface area (Å²) in [6.45, 7) is 24.3. The van der Waals surface area contributed by atoms with E-state index in [0.717, 1.165) is 154 Å². The molecule has 8 nitrogen and oxygen atoms in total. The van der Waals surface area contributed by atoms with Crippen molar-refractivity contribution in [3.63, 3.8) is 0 Å². The van der Waals surface area contributed by atoms with Gasteiger partial charge < -0.3 is 38.6 Å². The Balaban J connectivity index is 0.929. The molecule has 0 atom stereocenters. The van der Waals surface area contributed by atoms with Gasteiger partial charge in [-0.05, 0) is 182 Å². The van der Waals surface area contributed by atoms with Crippen LogP contribution in [-0.2, 0) is 39.3 Å². The fourth-order valence-corrected chi connectivity index (χ4v) is 13.2. The molecule has 4 aromatic rings. The van der Waals surface area contributed by atoms with E-state index in [4.69, 9.17) is 28.4 Å². The Morgan fingerprint density at radius 2 is 1.02 bits per heavy atom. The first-order chi connectivity index (χ1) is 40.6. The Hall–Kier alpha value is -5.12. The molecule has 2 fully saturated rings. The van der Waals surface area contributed by atoms with Crippen LogP contribution in [0.2, 0.25) is 0 Å². The minimum absolute atomic E-state index is 0.0331. The number of anilines is 3. The van der Waals surface area contributed by atoms with Crippen molar-refractivity contribution >= 4 is 17.1 Å². The minimum Gasteiger partial charge on any atom is -0.498 e. The van der Waals surface area contributed by atoms with Crippen LogP contribution < -0.4 is 10.2 Å². The molecule has 0 unspecified atom stereocenters. The van der Waals surface area contributed by atoms with Crippen molar-refractivity contribution in [2.75, 3.05) is 76.3 Å². The summed E-state index contributed by atoms with van der Waals surface area (Å²) in [4.78, 5) is 2.56. The van der Waals surface area contributed by atoms with E-state index in [1.54, 1.807) is 5.56 Å². The smallest absolute Gasteiger partial charge is 0.0964 e. The monoisotopic (exact) mass is 1130 g/mol. The van der Waals surface area contributed by atoms with Crippen LogP contribution in [-0.4, -0.2) is 66.1 Å². The molecular weight excluding hydrogens is 1020 g/mol. The van der Waals surface area contributed by atoms with Crippen LogP contribution in [0.5, 0.6) is 0 Å². The normalized spacial score (nSPS) is 17.5. The van der Waals surface area contributed by atoms with E-state index < -0.39 is 0 Å². The highest BCUT2D eigenvalue weighted by Gasteiger charge is 2.44. The number of ether oxygens (including phenoxy) is 6. The lowest BCUT2D eigenvalue weighted by molar-refractivity contribution is -0.150. The highest BCUT2D eigenvalue weighted by molar-refractivity contribution is 5.85. The molecule has 5 aliphatic rings. The van der Waals surface area contributed by atoms with Gasteiger partial charge in [-0.2, -0.15) is 0 Å². The molecule has 8 heteroatoms. The average Bonchev–Trinajstić information content (AvgIpc) is 1.75. The molecule has 2 saturated heterocycles. The van der Waals surface area contributed by atoms with Crippen LogP contribution in [0.1, 0.15) is 206 Å². The Bertz CT molecular complexity index is 2770. The summed E-state index contributed by atoms with van der Waals surface area (Å²) in [6.07, 6.45) is 33.5. The molecule has 2 heterocycles. The number of rotatable bonds is 37. The van der Waals surface area contributed by atoms with Crippen molar-refractivity contribution in [2.45, 2.75) is 201 Å². The van der Waals surface area contributed by atoms with Crippen LogP contribution >= 0.6 is 0 Å². The number of nitrogens with zero attached hydrogens (tertiary/aromatic N) is 1. The molecule has 83 heavy (non-hydrogen) atoms. The van der Waals surface area contributed by atoms with Crippen molar-refractivity contribution in [2.24, 2.45) is 10.8 Å². The van der Waals surface area contributed by atoms with E-state index in [0.29, 0.717) is 6.61 Å². The number of fused-ring (bicyclic) bond motifs is 3. The molecule has 0 spiro atoms. The van der Waals surface area contributed by atoms with Crippen LogP contribution in [0, 0.1) is 10.8 Å². The van der Waals surface area contributed by atoms with Gasteiger partial charge in [-0.3, -0.25) is 0 Å². The first kappa shape index (κ1) is 62.4. The van der Waals surface area contributed by atoms with Gasteiger partial charge >= 0.3 is 0 Å². The summed E-state index contributed by atoms with van der Waals surface area (Å²) in [5, 5.41) is 3.69. The van der Waals surface area contributed by atoms with E-state index in [9.17, 15) is 0 Å². The summed E-state index contributed by atoms with van der Waals surface area (Å²) < 4.78 is 35.7. The molecule has 3 aliphatic carbocycles. The summed E-state index contributed by atoms with van der Waals surface area (Å²) in [5.41, 5.74) is 16.5. The Morgan fingerprint density at radius 3 is 1.52 bits per heavy atom. The third-order valence-electron chi connectivity index (χ3n) is 19.8. The molecule has 0 amide bonds. The van der Waals surface area contributed by atoms with Crippen molar-refractivity contribution < 1.29 is 28.4 Å². The van der Waals surface area contributed by atoms with Gasteiger partial charge in [0.15, 0.2) is 0 Å². The number of unbranched alkanes of at least 4 members (excludes halogenated alkanes) is 8. The lowest BCUT2D eigenvalue weighted by Gasteiger charge is -2.40. The van der Waals surface area contributed by atoms with Crippen molar-refractivity contribution in [1.29, 1.82) is 0 Å². The lowest BCUT2D eigenvalue weighted by atomic mass is 9.69. The van der Waals surface area contributed by atoms with Gasteiger partial charge in [0.25, 0.3) is 0 Å². The standard InChI is InChI=1S/C75H104N2O6/c1-8-14-16-18-44-75(45-19-17-15-9-2)70-50-60(72(7,10-3)11-4)28-42-68(70)69-43-37-65(51-71(69)75)77(64-35-40-67(41-36-64)83-49-23-21-47-79-53-74(13-6)56-81-57-74)63-33-26-59(27-34-63)58-24-29-61(30-25-58)76-62-31-38-66(39-32-62)82-48-22-20-46-78-52-73(12-5)54-80-55-73/h24-31,33-35,37-38,40,42-43,50-51,76H,8-23,32,36,39,41,44-49,52-57H2,1-7H3. The number of allylic oxidation sites excluding steroid dienone is 8. The first-order valence-electron chi connectivity index (χ1n) is 33.1. The number of hydrogen-bond donors (Lipinski definition) is 1. The topological polar surface area (TPSA) is 70.7 Å². The van der Waals surface area contributed by atoms with E-state index in [2.05, 4.69) is 168 Å². The van der Waals surface area contributed by atoms with Gasteiger partial charge in [0.1, 0.15) is 0 Å². The Kier molecular flexibility index (Phi) is 22.8. The summed E-state index contributed by atoms with van der Waals surface area (Å²) >= 11 is 0. The fourth-order valence-electron chi connectivity index (χ4n) is 13.2. The highest BCUT2D eigenvalue weighted by atomic mass is 16.5. The van der Waals surface area contributed by atoms with E-state index >= 15 is 0 Å². The predicted octanol–water partition coefficient (Wildman–Crippen LogP) is 19.8. The van der Waals surface area contributed by atoms with Crippen LogP contribution in [0.4, 0.5) is 17.1 Å². The van der Waals surface area contributed by atoms with Gasteiger partial charge in [0.2, 0.25) is 0 Å². The maximum atomic E-state index is 6.47. The second kappa shape index (κ2) is 30.3. The molecular formula is C75H104N2O6. The van der Waals surface area contributed by atoms with Gasteiger partial charge in [-0.15, -0.1) is 0 Å². The van der Waals surface area contributed by atoms with E-state index in [-0.39, 0.29) is 21.7 Å². The van der Waals surface area contributed by atoms with E-state index in [1.807, 2.05) is 0 Å². The van der Waals surface area contributed by atoms with Crippen molar-refractivity contribution in [3.05, 3.63) is 149 Å². The maximum Gasteiger partial charge on any atom is 0.0964 e. The third-order valence-corrected chi connectivity index (χ3v) is 19.8. The quantitative estimate of drug-likeness (QED) is 0.0448. The summed E-state index contributed by atoms with van der Waals surface area (Å²) in [6, 6.07) is 33.4. The van der Waals surface area contributed by atoms with Crippen molar-refractivity contribution in [1.82, 2.24) is 0 Å². The molecule has 9 rings (SSSR count). The molecule has 2 aliphatic heterocycles. The fraction of sp³-hybridized carbons (Fsp3) is 0.573. The molecule has 0 bridgehead atoms. The largest absolute Gasteiger partial charge is 0.498 e. The van der Waals surface area contributed by atoms with E-state index in [1.165, 1.54) is 120 Å². The zero-order valence-corrected chi connectivity index (χ0v) is 52.4. The zero-order chi connectivity index (χ0) is 58.0. The van der Waals surface area contributed by atoms with Crippen LogP contribution in [0.3, 0.4) is 0 Å². The Labute approximate surface area is 501 Å². The first-order valence-corrected chi connectivity index (χ1v) is 33.1. The SMILES string of the molecule is CCCCCCC1(CCCCCC)c2cc(N(C3=CC=C(OCCCCOCC4(CC)COC4)CC3)c3ccc(-c4ccc(NC5=CC=C(OCCCCOCC6(CC)COC6)CC5)cc4)cc3)ccc2-c2ccc(C(C)(CC)CC)cc21. The lowest BCUT2D eigenvalue weighted by Crippen LogP contribution is -2.45. The maximum absolute atomic E-state index is 6.47. The molecule has 1 N–H and O–H groups in total. The summed E-state index contributed by atoms with van der Waals surface area (Å²) in [5.74, 6) is 2.14. The third kappa shape index (κ3) is 15.5. The van der Waals surface area contributed by atoms with Gasteiger partial charge in [0, 0.05) is 70.8 Å². The van der Waals surface area contributed by atoms with Gasteiger partial charge in [-0.25, -0.2) is 0 Å². The second-order valence-corrected chi connectivity index (χ2v) is 25.6. The predicted molar refractivity (Wildman–Crippen MR) is 346 cm³/mol. The molecule has 0 radical (unpaired) electrons. The van der Waals surface area contributed by atoms with Gasteiger partial charge in [-0.1, -0.05) is 148 Å². The molecule has 0 aromatic heterocycles. The Morgan fingerprint density at radius 1 is 0.506 bits per heavy atom. The van der Waals surface area contributed by atoms with Crippen LogP contribution in [0.15, 0.2) is 132 Å². The molecule has 0 saturated carbocycles. The number of hydrogen-bond acceptors (Lipinski definition) is 8. The average molecular weight is 1130 g/mol. The van der Waals surface area contributed by atoms with Crippen LogP contribution in [0.25, 0.3) is 22.3 Å². The van der Waals surface area contributed by atoms with Crippen molar-refractivity contribution in [3.8, 4) is 22.3 Å².